The Bertz CT molecular complexity index is 1050. The molecule has 0 fully saturated rings. The van der Waals surface area contributed by atoms with Crippen LogP contribution in [0.2, 0.25) is 0 Å². The fraction of sp³-hybridized carbons (Fsp3) is 0.381. The normalized spacial score (nSPS) is 12.0. The highest BCUT2D eigenvalue weighted by atomic mass is 32.2. The molecule has 0 aromatic heterocycles. The number of methoxy groups -OCH3 is 1. The lowest BCUT2D eigenvalue weighted by Gasteiger charge is -2.22. The molecule has 2 rings (SSSR count). The van der Waals surface area contributed by atoms with E-state index in [1.165, 1.54) is 59.8 Å². The molecule has 0 radical (unpaired) electrons. The predicted octanol–water partition coefficient (Wildman–Crippen LogP) is 3.90. The lowest BCUT2D eigenvalue weighted by molar-refractivity contribution is -0.275. The minimum absolute atomic E-state index is 0.0493. The molecule has 0 atom stereocenters. The number of rotatable bonds is 9. The molecule has 0 aliphatic carbocycles. The molecule has 0 aliphatic heterocycles. The third-order valence-corrected chi connectivity index (χ3v) is 6.76. The second kappa shape index (κ2) is 10.2. The van der Waals surface area contributed by atoms with E-state index in [4.69, 9.17) is 4.74 Å². The summed E-state index contributed by atoms with van der Waals surface area (Å²) in [4.78, 5) is 14.0. The quantitative estimate of drug-likeness (QED) is 0.551. The number of halogens is 3. The van der Waals surface area contributed by atoms with Crippen LogP contribution in [0.15, 0.2) is 47.4 Å². The van der Waals surface area contributed by atoms with Crippen LogP contribution in [0.25, 0.3) is 0 Å². The van der Waals surface area contributed by atoms with Gasteiger partial charge in [-0.3, -0.25) is 4.79 Å². The SMILES string of the molecule is CCN(CC)S(=O)(=O)c1cc(C(=O)N(C)Cc2ccccc2OC(F)(F)F)ccc1OC. The van der Waals surface area contributed by atoms with Gasteiger partial charge in [0, 0.05) is 37.8 Å². The Morgan fingerprint density at radius 2 is 1.66 bits per heavy atom. The largest absolute Gasteiger partial charge is 0.573 e. The standard InChI is InChI=1S/C21H25F3N2O5S/c1-5-26(6-2)32(28,29)19-13-15(11-12-18(19)30-4)20(27)25(3)14-16-9-7-8-10-17(16)31-21(22,23)24/h7-13H,5-6,14H2,1-4H3. The molecule has 2 aromatic carbocycles. The van der Waals surface area contributed by atoms with Crippen LogP contribution in [-0.2, 0) is 16.6 Å². The Labute approximate surface area is 185 Å². The zero-order valence-corrected chi connectivity index (χ0v) is 19.0. The molecule has 1 amide bonds. The maximum atomic E-state index is 13.0. The van der Waals surface area contributed by atoms with Crippen molar-refractivity contribution >= 4 is 15.9 Å². The van der Waals surface area contributed by atoms with Gasteiger partial charge in [-0.25, -0.2) is 8.42 Å². The highest BCUT2D eigenvalue weighted by Crippen LogP contribution is 2.30. The van der Waals surface area contributed by atoms with Gasteiger partial charge in [-0.1, -0.05) is 32.0 Å². The number of amides is 1. The average Bonchev–Trinajstić information content (AvgIpc) is 2.73. The first-order valence-corrected chi connectivity index (χ1v) is 11.2. The number of benzene rings is 2. The van der Waals surface area contributed by atoms with Gasteiger partial charge in [0.05, 0.1) is 7.11 Å². The van der Waals surface area contributed by atoms with Crippen molar-refractivity contribution in [2.75, 3.05) is 27.2 Å². The fourth-order valence-corrected chi connectivity index (χ4v) is 4.76. The van der Waals surface area contributed by atoms with Crippen LogP contribution in [0.4, 0.5) is 13.2 Å². The van der Waals surface area contributed by atoms with E-state index < -0.39 is 28.0 Å². The molecule has 32 heavy (non-hydrogen) atoms. The molecular weight excluding hydrogens is 449 g/mol. The Morgan fingerprint density at radius 3 is 2.22 bits per heavy atom. The second-order valence-corrected chi connectivity index (χ2v) is 8.68. The molecule has 11 heteroatoms. The minimum atomic E-state index is -4.87. The first-order valence-electron chi connectivity index (χ1n) is 9.71. The van der Waals surface area contributed by atoms with Gasteiger partial charge in [0.2, 0.25) is 10.0 Å². The summed E-state index contributed by atoms with van der Waals surface area (Å²) >= 11 is 0. The van der Waals surface area contributed by atoms with Gasteiger partial charge in [-0.15, -0.1) is 13.2 Å². The van der Waals surface area contributed by atoms with Crippen molar-refractivity contribution in [3.05, 3.63) is 53.6 Å². The first kappa shape index (κ1) is 25.5. The summed E-state index contributed by atoms with van der Waals surface area (Å²) in [5.41, 5.74) is 0.193. The molecule has 0 aliphatic rings. The molecule has 0 bridgehead atoms. The highest BCUT2D eigenvalue weighted by Gasteiger charge is 2.32. The van der Waals surface area contributed by atoms with Gasteiger partial charge in [0.15, 0.2) is 0 Å². The molecule has 176 valence electrons. The van der Waals surface area contributed by atoms with Crippen LogP contribution in [-0.4, -0.2) is 57.1 Å². The van der Waals surface area contributed by atoms with E-state index >= 15 is 0 Å². The monoisotopic (exact) mass is 474 g/mol. The van der Waals surface area contributed by atoms with E-state index in [9.17, 15) is 26.4 Å². The van der Waals surface area contributed by atoms with Crippen molar-refractivity contribution in [2.45, 2.75) is 31.7 Å². The molecule has 0 heterocycles. The minimum Gasteiger partial charge on any atom is -0.495 e. The van der Waals surface area contributed by atoms with Crippen LogP contribution >= 0.6 is 0 Å². The van der Waals surface area contributed by atoms with Crippen LogP contribution in [0, 0.1) is 0 Å². The Kier molecular flexibility index (Phi) is 8.13. The van der Waals surface area contributed by atoms with Crippen molar-refractivity contribution in [1.82, 2.24) is 9.21 Å². The van der Waals surface area contributed by atoms with Gasteiger partial charge < -0.3 is 14.4 Å². The Hall–Kier alpha value is -2.79. The number of carbonyl (C=O) groups excluding carboxylic acids is 1. The number of nitrogens with zero attached hydrogens (tertiary/aromatic N) is 2. The maximum Gasteiger partial charge on any atom is 0.573 e. The van der Waals surface area contributed by atoms with Gasteiger partial charge in [0.25, 0.3) is 5.91 Å². The summed E-state index contributed by atoms with van der Waals surface area (Å²) in [7, 11) is -1.20. The molecule has 0 N–H and O–H groups in total. The zero-order chi connectivity index (χ0) is 24.1. The van der Waals surface area contributed by atoms with E-state index in [0.29, 0.717) is 0 Å². The van der Waals surface area contributed by atoms with Gasteiger partial charge in [-0.2, -0.15) is 4.31 Å². The van der Waals surface area contributed by atoms with Crippen LogP contribution in [0.3, 0.4) is 0 Å². The number of hydrogen-bond donors (Lipinski definition) is 0. The number of ether oxygens (including phenoxy) is 2. The number of para-hydroxylation sites is 1. The number of hydrogen-bond acceptors (Lipinski definition) is 5. The molecule has 7 nitrogen and oxygen atoms in total. The molecule has 0 unspecified atom stereocenters. The van der Waals surface area contributed by atoms with E-state index in [2.05, 4.69) is 4.74 Å². The third-order valence-electron chi connectivity index (χ3n) is 4.69. The maximum absolute atomic E-state index is 13.0. The van der Waals surface area contributed by atoms with Crippen molar-refractivity contribution < 1.29 is 35.9 Å². The summed E-state index contributed by atoms with van der Waals surface area (Å²) in [6.45, 7) is 3.66. The lowest BCUT2D eigenvalue weighted by Crippen LogP contribution is -2.31. The van der Waals surface area contributed by atoms with Crippen LogP contribution in [0.1, 0.15) is 29.8 Å². The van der Waals surface area contributed by atoms with Crippen LogP contribution < -0.4 is 9.47 Å². The van der Waals surface area contributed by atoms with Crippen molar-refractivity contribution in [3.8, 4) is 11.5 Å². The van der Waals surface area contributed by atoms with Gasteiger partial charge in [0.1, 0.15) is 16.4 Å². The zero-order valence-electron chi connectivity index (χ0n) is 18.1. The summed E-state index contributed by atoms with van der Waals surface area (Å²) in [5.74, 6) is -0.912. The van der Waals surface area contributed by atoms with E-state index in [0.717, 1.165) is 6.07 Å². The molecule has 0 saturated carbocycles. The van der Waals surface area contributed by atoms with Gasteiger partial charge >= 0.3 is 6.36 Å². The first-order chi connectivity index (χ1) is 14.9. The summed E-state index contributed by atoms with van der Waals surface area (Å²) in [6.07, 6.45) is -4.87. The van der Waals surface area contributed by atoms with E-state index in [1.807, 2.05) is 0 Å². The molecular formula is C21H25F3N2O5S. The second-order valence-electron chi connectivity index (χ2n) is 6.77. The lowest BCUT2D eigenvalue weighted by atomic mass is 10.1. The fourth-order valence-electron chi connectivity index (χ4n) is 3.12. The van der Waals surface area contributed by atoms with Crippen molar-refractivity contribution in [1.29, 1.82) is 0 Å². The number of carbonyl (C=O) groups is 1. The summed E-state index contributed by atoms with van der Waals surface area (Å²) in [6, 6.07) is 9.47. The van der Waals surface area contributed by atoms with Crippen LogP contribution in [0.5, 0.6) is 11.5 Å². The Balaban J connectivity index is 2.37. The number of alkyl halides is 3. The molecule has 0 spiro atoms. The third kappa shape index (κ3) is 5.92. The van der Waals surface area contributed by atoms with Gasteiger partial charge in [-0.05, 0) is 24.3 Å². The highest BCUT2D eigenvalue weighted by molar-refractivity contribution is 7.89. The smallest absolute Gasteiger partial charge is 0.495 e. The van der Waals surface area contributed by atoms with E-state index in [1.54, 1.807) is 13.8 Å². The number of sulfonamides is 1. The van der Waals surface area contributed by atoms with Crippen molar-refractivity contribution in [2.24, 2.45) is 0 Å². The molecule has 0 saturated heterocycles. The molecule has 2 aromatic rings. The Morgan fingerprint density at radius 1 is 1.03 bits per heavy atom. The summed E-state index contributed by atoms with van der Waals surface area (Å²) < 4.78 is 74.4. The van der Waals surface area contributed by atoms with Crippen molar-refractivity contribution in [3.63, 3.8) is 0 Å². The summed E-state index contributed by atoms with van der Waals surface area (Å²) in [5, 5.41) is 0. The topological polar surface area (TPSA) is 76.2 Å². The van der Waals surface area contributed by atoms with E-state index in [-0.39, 0.29) is 41.4 Å². The average molecular weight is 475 g/mol. The predicted molar refractivity (Wildman–Crippen MR) is 112 cm³/mol.